The molecular formula is C9H9ClFN3O. The molecule has 0 aromatic heterocycles. The third kappa shape index (κ3) is 4.06. The molecule has 0 fully saturated rings. The van der Waals surface area contributed by atoms with Crippen LogP contribution in [0.4, 0.5) is 4.39 Å². The maximum atomic E-state index is 12.6. The summed E-state index contributed by atoms with van der Waals surface area (Å²) in [5.74, 6) is 0.0282. The molecule has 6 heteroatoms. The maximum absolute atomic E-state index is 12.6. The number of azide groups is 1. The first kappa shape index (κ1) is 11.6. The third-order valence-electron chi connectivity index (χ3n) is 1.62. The van der Waals surface area contributed by atoms with Crippen molar-refractivity contribution in [2.24, 2.45) is 5.11 Å². The summed E-state index contributed by atoms with van der Waals surface area (Å²) in [5, 5.41) is 3.58. The van der Waals surface area contributed by atoms with Crippen LogP contribution >= 0.6 is 11.6 Å². The molecule has 0 aliphatic rings. The van der Waals surface area contributed by atoms with Gasteiger partial charge in [0.2, 0.25) is 0 Å². The second-order valence-electron chi connectivity index (χ2n) is 2.73. The maximum Gasteiger partial charge on any atom is 0.138 e. The van der Waals surface area contributed by atoms with Crippen molar-refractivity contribution in [2.45, 2.75) is 6.42 Å². The first-order chi connectivity index (χ1) is 7.24. The van der Waals surface area contributed by atoms with E-state index < -0.39 is 5.82 Å². The largest absolute Gasteiger partial charge is 0.492 e. The molecule has 0 heterocycles. The van der Waals surface area contributed by atoms with Crippen LogP contribution in [0, 0.1) is 5.82 Å². The minimum absolute atomic E-state index is 0.235. The van der Waals surface area contributed by atoms with Gasteiger partial charge in [-0.15, -0.1) is 0 Å². The van der Waals surface area contributed by atoms with Gasteiger partial charge in [0.05, 0.1) is 11.6 Å². The molecule has 0 saturated heterocycles. The lowest BCUT2D eigenvalue weighted by Crippen LogP contribution is -1.99. The van der Waals surface area contributed by atoms with E-state index in [2.05, 4.69) is 10.0 Å². The van der Waals surface area contributed by atoms with E-state index in [9.17, 15) is 4.39 Å². The number of benzene rings is 1. The number of rotatable bonds is 5. The molecule has 0 saturated carbocycles. The normalized spacial score (nSPS) is 9.47. The Kier molecular flexibility index (Phi) is 4.74. The zero-order chi connectivity index (χ0) is 11.1. The molecule has 15 heavy (non-hydrogen) atoms. The fourth-order valence-electron chi connectivity index (χ4n) is 0.954. The van der Waals surface area contributed by atoms with Crippen LogP contribution in [0.15, 0.2) is 23.3 Å². The van der Waals surface area contributed by atoms with E-state index in [0.717, 1.165) is 0 Å². The lowest BCUT2D eigenvalue weighted by molar-refractivity contribution is 0.313. The molecule has 0 aliphatic heterocycles. The van der Waals surface area contributed by atoms with Crippen molar-refractivity contribution >= 4 is 11.6 Å². The van der Waals surface area contributed by atoms with E-state index in [1.807, 2.05) is 0 Å². The molecule has 0 atom stereocenters. The van der Waals surface area contributed by atoms with Crippen molar-refractivity contribution in [1.82, 2.24) is 0 Å². The Bertz CT molecular complexity index is 380. The molecule has 4 nitrogen and oxygen atoms in total. The van der Waals surface area contributed by atoms with Crippen molar-refractivity contribution in [3.8, 4) is 5.75 Å². The Balaban J connectivity index is 2.40. The minimum atomic E-state index is -0.401. The molecule has 0 unspecified atom stereocenters. The minimum Gasteiger partial charge on any atom is -0.492 e. The van der Waals surface area contributed by atoms with Gasteiger partial charge in [0.25, 0.3) is 0 Å². The van der Waals surface area contributed by atoms with Crippen LogP contribution in [0.25, 0.3) is 10.4 Å². The SMILES string of the molecule is [N-]=[N+]=NCCCOc1ccc(F)cc1Cl. The van der Waals surface area contributed by atoms with Crippen LogP contribution in [0.2, 0.25) is 5.02 Å². The Morgan fingerprint density at radius 3 is 3.00 bits per heavy atom. The molecule has 1 rings (SSSR count). The Labute approximate surface area is 91.2 Å². The molecule has 0 aliphatic carbocycles. The van der Waals surface area contributed by atoms with Crippen LogP contribution in [-0.4, -0.2) is 13.2 Å². The van der Waals surface area contributed by atoms with Crippen LogP contribution in [-0.2, 0) is 0 Å². The van der Waals surface area contributed by atoms with Gasteiger partial charge in [0.1, 0.15) is 11.6 Å². The van der Waals surface area contributed by atoms with E-state index >= 15 is 0 Å². The quantitative estimate of drug-likeness (QED) is 0.330. The number of nitrogens with zero attached hydrogens (tertiary/aromatic N) is 3. The predicted molar refractivity (Wildman–Crippen MR) is 55.5 cm³/mol. The highest BCUT2D eigenvalue weighted by atomic mass is 35.5. The van der Waals surface area contributed by atoms with Crippen molar-refractivity contribution in [3.63, 3.8) is 0 Å². The zero-order valence-corrected chi connectivity index (χ0v) is 8.62. The number of ether oxygens (including phenoxy) is 1. The van der Waals surface area contributed by atoms with Gasteiger partial charge < -0.3 is 4.74 Å². The fraction of sp³-hybridized carbons (Fsp3) is 0.333. The highest BCUT2D eigenvalue weighted by Gasteiger charge is 2.02. The first-order valence-corrected chi connectivity index (χ1v) is 4.70. The summed E-state index contributed by atoms with van der Waals surface area (Å²) in [7, 11) is 0. The lowest BCUT2D eigenvalue weighted by Gasteiger charge is -2.06. The molecule has 0 amide bonds. The van der Waals surface area contributed by atoms with Gasteiger partial charge in [-0.2, -0.15) is 0 Å². The van der Waals surface area contributed by atoms with Gasteiger partial charge in [-0.1, -0.05) is 16.7 Å². The van der Waals surface area contributed by atoms with Crippen molar-refractivity contribution in [2.75, 3.05) is 13.2 Å². The number of hydrogen-bond acceptors (Lipinski definition) is 2. The van der Waals surface area contributed by atoms with Crippen molar-refractivity contribution in [3.05, 3.63) is 39.5 Å². The van der Waals surface area contributed by atoms with Crippen molar-refractivity contribution < 1.29 is 9.13 Å². The summed E-state index contributed by atoms with van der Waals surface area (Å²) in [5.41, 5.74) is 8.01. The monoisotopic (exact) mass is 229 g/mol. The van der Waals surface area contributed by atoms with E-state index in [4.69, 9.17) is 21.9 Å². The Morgan fingerprint density at radius 1 is 1.53 bits per heavy atom. The molecule has 0 radical (unpaired) electrons. The third-order valence-corrected chi connectivity index (χ3v) is 1.91. The second-order valence-corrected chi connectivity index (χ2v) is 3.14. The molecular weight excluding hydrogens is 221 g/mol. The highest BCUT2D eigenvalue weighted by Crippen LogP contribution is 2.24. The van der Waals surface area contributed by atoms with Gasteiger partial charge in [-0.3, -0.25) is 0 Å². The summed E-state index contributed by atoms with van der Waals surface area (Å²) < 4.78 is 17.9. The topological polar surface area (TPSA) is 58.0 Å². The average Bonchev–Trinajstić information content (AvgIpc) is 2.20. The summed E-state index contributed by atoms with van der Waals surface area (Å²) in [6.45, 7) is 0.750. The number of hydrogen-bond donors (Lipinski definition) is 0. The zero-order valence-electron chi connectivity index (χ0n) is 7.86. The smallest absolute Gasteiger partial charge is 0.138 e. The summed E-state index contributed by atoms with van der Waals surface area (Å²) in [6.07, 6.45) is 0.595. The van der Waals surface area contributed by atoms with Gasteiger partial charge in [-0.05, 0) is 30.2 Å². The van der Waals surface area contributed by atoms with E-state index in [0.29, 0.717) is 25.3 Å². The molecule has 1 aromatic rings. The predicted octanol–water partition coefficient (Wildman–Crippen LogP) is 3.56. The Hall–Kier alpha value is -1.45. The lowest BCUT2D eigenvalue weighted by atomic mass is 10.3. The van der Waals surface area contributed by atoms with Crippen LogP contribution in [0.3, 0.4) is 0 Å². The van der Waals surface area contributed by atoms with E-state index in [-0.39, 0.29) is 5.02 Å². The fourth-order valence-corrected chi connectivity index (χ4v) is 1.18. The van der Waals surface area contributed by atoms with Gasteiger partial charge in [0, 0.05) is 11.5 Å². The van der Waals surface area contributed by atoms with Crippen molar-refractivity contribution in [1.29, 1.82) is 0 Å². The van der Waals surface area contributed by atoms with Crippen LogP contribution in [0.5, 0.6) is 5.75 Å². The number of halogens is 2. The summed E-state index contributed by atoms with van der Waals surface area (Å²) >= 11 is 5.72. The van der Waals surface area contributed by atoms with Crippen LogP contribution in [0.1, 0.15) is 6.42 Å². The summed E-state index contributed by atoms with van der Waals surface area (Å²) in [4.78, 5) is 2.60. The second kappa shape index (κ2) is 6.11. The van der Waals surface area contributed by atoms with E-state index in [1.165, 1.54) is 18.2 Å². The van der Waals surface area contributed by atoms with Gasteiger partial charge in [0.15, 0.2) is 0 Å². The molecule has 0 bridgehead atoms. The van der Waals surface area contributed by atoms with E-state index in [1.54, 1.807) is 0 Å². The van der Waals surface area contributed by atoms with Gasteiger partial charge >= 0.3 is 0 Å². The Morgan fingerprint density at radius 2 is 2.33 bits per heavy atom. The molecule has 1 aromatic carbocycles. The molecule has 0 N–H and O–H groups in total. The highest BCUT2D eigenvalue weighted by molar-refractivity contribution is 6.32. The standard InChI is InChI=1S/C9H9ClFN3O/c10-8-6-7(11)2-3-9(8)15-5-1-4-13-14-12/h2-3,6H,1,4-5H2. The molecule has 0 spiro atoms. The average molecular weight is 230 g/mol. The summed E-state index contributed by atoms with van der Waals surface area (Å²) in [6, 6.07) is 3.92. The molecule has 80 valence electrons. The van der Waals surface area contributed by atoms with Crippen LogP contribution < -0.4 is 4.74 Å². The van der Waals surface area contributed by atoms with Gasteiger partial charge in [-0.25, -0.2) is 4.39 Å². The first-order valence-electron chi connectivity index (χ1n) is 4.33.